The van der Waals surface area contributed by atoms with Gasteiger partial charge in [0.1, 0.15) is 5.75 Å². The molecule has 0 atom stereocenters. The van der Waals surface area contributed by atoms with Crippen LogP contribution in [0.25, 0.3) is 17.1 Å². The number of nitrogens with zero attached hydrogens (tertiary/aromatic N) is 4. The molecule has 0 fully saturated rings. The zero-order chi connectivity index (χ0) is 23.2. The number of phenols is 1. The molecular formula is C24H20ClN5O2S. The van der Waals surface area contributed by atoms with E-state index in [-0.39, 0.29) is 17.4 Å². The van der Waals surface area contributed by atoms with Crippen molar-refractivity contribution in [2.75, 3.05) is 5.75 Å². The second-order valence-corrected chi connectivity index (χ2v) is 8.54. The van der Waals surface area contributed by atoms with Gasteiger partial charge < -0.3 is 5.11 Å². The fourth-order valence-electron chi connectivity index (χ4n) is 3.02. The first-order valence-corrected chi connectivity index (χ1v) is 11.4. The zero-order valence-corrected chi connectivity index (χ0v) is 19.2. The quantitative estimate of drug-likeness (QED) is 0.225. The lowest BCUT2D eigenvalue weighted by atomic mass is 10.1. The normalized spacial score (nSPS) is 11.1. The third-order valence-corrected chi connectivity index (χ3v) is 5.81. The summed E-state index contributed by atoms with van der Waals surface area (Å²) in [6, 6.07) is 21.9. The van der Waals surface area contributed by atoms with E-state index in [4.69, 9.17) is 11.6 Å². The maximum atomic E-state index is 12.3. The van der Waals surface area contributed by atoms with Crippen LogP contribution in [-0.2, 0) is 4.79 Å². The SMILES string of the molecule is Cc1ccc(-c2nnc(SCC(=O)N/N=C\c3cccc(O)c3)n2-c2ccc(Cl)cc2)cc1. The standard InChI is InChI=1S/C24H20ClN5O2S/c1-16-5-7-18(8-6-16)23-28-29-24(30(23)20-11-9-19(25)10-12-20)33-15-22(32)27-26-14-17-3-2-4-21(31)13-17/h2-14,31H,15H2,1H3,(H,27,32)/b26-14-. The minimum Gasteiger partial charge on any atom is -0.508 e. The summed E-state index contributed by atoms with van der Waals surface area (Å²) in [4.78, 5) is 12.3. The lowest BCUT2D eigenvalue weighted by Crippen LogP contribution is -2.20. The fraction of sp³-hybridized carbons (Fsp3) is 0.0833. The Hall–Kier alpha value is -3.62. The molecule has 166 valence electrons. The van der Waals surface area contributed by atoms with E-state index in [1.807, 2.05) is 47.9 Å². The van der Waals surface area contributed by atoms with Crippen molar-refractivity contribution in [2.45, 2.75) is 12.1 Å². The number of thioether (sulfide) groups is 1. The number of carbonyl (C=O) groups is 1. The highest BCUT2D eigenvalue weighted by Crippen LogP contribution is 2.28. The molecule has 4 aromatic rings. The van der Waals surface area contributed by atoms with Crippen LogP contribution in [0.1, 0.15) is 11.1 Å². The Balaban J connectivity index is 1.51. The summed E-state index contributed by atoms with van der Waals surface area (Å²) in [5, 5.41) is 23.3. The topological polar surface area (TPSA) is 92.4 Å². The van der Waals surface area contributed by atoms with E-state index < -0.39 is 0 Å². The Kier molecular flexibility index (Phi) is 7.07. The van der Waals surface area contributed by atoms with Crippen molar-refractivity contribution in [1.82, 2.24) is 20.2 Å². The summed E-state index contributed by atoms with van der Waals surface area (Å²) in [5.41, 5.74) is 6.06. The molecule has 4 rings (SSSR count). The van der Waals surface area contributed by atoms with Crippen molar-refractivity contribution in [3.63, 3.8) is 0 Å². The molecule has 0 saturated carbocycles. The van der Waals surface area contributed by atoms with Gasteiger partial charge in [0, 0.05) is 16.3 Å². The van der Waals surface area contributed by atoms with Crippen LogP contribution in [-0.4, -0.2) is 37.7 Å². The summed E-state index contributed by atoms with van der Waals surface area (Å²) >= 11 is 7.32. The molecule has 0 bridgehead atoms. The maximum absolute atomic E-state index is 12.3. The number of hydrogen-bond donors (Lipinski definition) is 2. The van der Waals surface area contributed by atoms with E-state index in [1.54, 1.807) is 36.4 Å². The molecule has 7 nitrogen and oxygen atoms in total. The number of hydrogen-bond acceptors (Lipinski definition) is 6. The van der Waals surface area contributed by atoms with Gasteiger partial charge >= 0.3 is 0 Å². The predicted octanol–water partition coefficient (Wildman–Crippen LogP) is 4.84. The molecule has 0 radical (unpaired) electrons. The van der Waals surface area contributed by atoms with Crippen molar-refractivity contribution < 1.29 is 9.90 Å². The largest absolute Gasteiger partial charge is 0.508 e. The van der Waals surface area contributed by atoms with Gasteiger partial charge in [0.05, 0.1) is 12.0 Å². The Labute approximate surface area is 200 Å². The lowest BCUT2D eigenvalue weighted by Gasteiger charge is -2.10. The highest BCUT2D eigenvalue weighted by atomic mass is 35.5. The van der Waals surface area contributed by atoms with Crippen molar-refractivity contribution in [3.8, 4) is 22.8 Å². The van der Waals surface area contributed by atoms with Crippen LogP contribution in [0.2, 0.25) is 5.02 Å². The molecule has 0 spiro atoms. The van der Waals surface area contributed by atoms with Crippen molar-refractivity contribution in [2.24, 2.45) is 5.10 Å². The highest BCUT2D eigenvalue weighted by molar-refractivity contribution is 7.99. The van der Waals surface area contributed by atoms with Crippen LogP contribution in [0.15, 0.2) is 83.1 Å². The van der Waals surface area contributed by atoms with E-state index in [1.165, 1.54) is 18.0 Å². The van der Waals surface area contributed by atoms with Crippen LogP contribution in [0.3, 0.4) is 0 Å². The average Bonchev–Trinajstić information content (AvgIpc) is 3.23. The summed E-state index contributed by atoms with van der Waals surface area (Å²) in [5.74, 6) is 0.601. The molecule has 0 aliphatic heterocycles. The third-order valence-electron chi connectivity index (χ3n) is 4.63. The van der Waals surface area contributed by atoms with E-state index in [0.717, 1.165) is 16.8 Å². The van der Waals surface area contributed by atoms with Crippen LogP contribution < -0.4 is 5.43 Å². The number of hydrazone groups is 1. The Morgan fingerprint density at radius 3 is 2.61 bits per heavy atom. The van der Waals surface area contributed by atoms with Crippen LogP contribution in [0.5, 0.6) is 5.75 Å². The molecule has 0 unspecified atom stereocenters. The molecule has 0 aliphatic carbocycles. The number of phenolic OH excluding ortho intramolecular Hbond substituents is 1. The van der Waals surface area contributed by atoms with Gasteiger partial charge in [-0.15, -0.1) is 10.2 Å². The molecule has 9 heteroatoms. The van der Waals surface area contributed by atoms with Crippen LogP contribution in [0.4, 0.5) is 0 Å². The van der Waals surface area contributed by atoms with E-state index in [0.29, 0.717) is 21.6 Å². The van der Waals surface area contributed by atoms with Gasteiger partial charge in [-0.05, 0) is 48.9 Å². The van der Waals surface area contributed by atoms with Gasteiger partial charge in [-0.1, -0.05) is 65.3 Å². The minimum absolute atomic E-state index is 0.0942. The molecule has 2 N–H and O–H groups in total. The zero-order valence-electron chi connectivity index (χ0n) is 17.6. The smallest absolute Gasteiger partial charge is 0.250 e. The number of nitrogens with one attached hydrogen (secondary N) is 1. The molecule has 3 aromatic carbocycles. The number of carbonyl (C=O) groups excluding carboxylic acids is 1. The molecule has 0 aliphatic rings. The molecule has 33 heavy (non-hydrogen) atoms. The predicted molar refractivity (Wildman–Crippen MR) is 131 cm³/mol. The first-order valence-electron chi connectivity index (χ1n) is 10.0. The monoisotopic (exact) mass is 477 g/mol. The first kappa shape index (κ1) is 22.6. The van der Waals surface area contributed by atoms with Crippen molar-refractivity contribution in [1.29, 1.82) is 0 Å². The number of aromatic hydroxyl groups is 1. The second kappa shape index (κ2) is 10.3. The lowest BCUT2D eigenvalue weighted by molar-refractivity contribution is -0.118. The number of aryl methyl sites for hydroxylation is 1. The Morgan fingerprint density at radius 1 is 1.12 bits per heavy atom. The average molecular weight is 478 g/mol. The third kappa shape index (κ3) is 5.79. The number of aromatic nitrogens is 3. The number of amides is 1. The summed E-state index contributed by atoms with van der Waals surface area (Å²) in [7, 11) is 0. The Bertz CT molecular complexity index is 1290. The molecule has 1 amide bonds. The minimum atomic E-state index is -0.293. The van der Waals surface area contributed by atoms with Gasteiger partial charge in [-0.3, -0.25) is 9.36 Å². The number of halogens is 1. The van der Waals surface area contributed by atoms with Crippen LogP contribution in [0, 0.1) is 6.92 Å². The first-order chi connectivity index (χ1) is 16.0. The van der Waals surface area contributed by atoms with Crippen molar-refractivity contribution in [3.05, 3.63) is 88.9 Å². The van der Waals surface area contributed by atoms with E-state index >= 15 is 0 Å². The van der Waals surface area contributed by atoms with Gasteiger partial charge in [-0.25, -0.2) is 5.43 Å². The fourth-order valence-corrected chi connectivity index (χ4v) is 3.89. The maximum Gasteiger partial charge on any atom is 0.250 e. The molecule has 1 heterocycles. The molecule has 1 aromatic heterocycles. The van der Waals surface area contributed by atoms with E-state index in [2.05, 4.69) is 20.7 Å². The summed E-state index contributed by atoms with van der Waals surface area (Å²) in [6.45, 7) is 2.02. The molecule has 0 saturated heterocycles. The highest BCUT2D eigenvalue weighted by Gasteiger charge is 2.17. The summed E-state index contributed by atoms with van der Waals surface area (Å²) in [6.07, 6.45) is 1.47. The van der Waals surface area contributed by atoms with E-state index in [9.17, 15) is 9.90 Å². The van der Waals surface area contributed by atoms with Crippen LogP contribution >= 0.6 is 23.4 Å². The van der Waals surface area contributed by atoms with Gasteiger partial charge in [-0.2, -0.15) is 5.10 Å². The summed E-state index contributed by atoms with van der Waals surface area (Å²) < 4.78 is 1.90. The number of benzene rings is 3. The second-order valence-electron chi connectivity index (χ2n) is 7.16. The van der Waals surface area contributed by atoms with Gasteiger partial charge in [0.15, 0.2) is 11.0 Å². The van der Waals surface area contributed by atoms with Gasteiger partial charge in [0.2, 0.25) is 0 Å². The van der Waals surface area contributed by atoms with Crippen molar-refractivity contribution >= 4 is 35.5 Å². The number of rotatable bonds is 7. The molecular weight excluding hydrogens is 458 g/mol. The van der Waals surface area contributed by atoms with Gasteiger partial charge in [0.25, 0.3) is 5.91 Å². The Morgan fingerprint density at radius 2 is 1.88 bits per heavy atom.